The summed E-state index contributed by atoms with van der Waals surface area (Å²) in [7, 11) is 0. The first kappa shape index (κ1) is 10.2. The second-order valence-corrected chi connectivity index (χ2v) is 4.21. The van der Waals surface area contributed by atoms with E-state index < -0.39 is 17.5 Å². The zero-order valence-electron chi connectivity index (χ0n) is 8.60. The highest BCUT2D eigenvalue weighted by atomic mass is 16.4. The highest BCUT2D eigenvalue weighted by molar-refractivity contribution is 5.75. The van der Waals surface area contributed by atoms with Crippen molar-refractivity contribution in [2.45, 2.75) is 31.3 Å². The Labute approximate surface area is 88.4 Å². The van der Waals surface area contributed by atoms with Gasteiger partial charge in [0.15, 0.2) is 0 Å². The van der Waals surface area contributed by atoms with Gasteiger partial charge in [-0.15, -0.1) is 0 Å². The Morgan fingerprint density at radius 3 is 2.27 bits per heavy atom. The van der Waals surface area contributed by atoms with Crippen LogP contribution in [0.3, 0.4) is 0 Å². The van der Waals surface area contributed by atoms with Crippen LogP contribution in [0.1, 0.15) is 36.8 Å². The van der Waals surface area contributed by atoms with E-state index in [9.17, 15) is 9.90 Å². The standard InChI is InChI=1S/C12H14O3/c1-8(11(13)14)9-2-4-10(5-3-9)12(15)6-7-12/h2-5,8,15H,6-7H2,1H3,(H,13,14). The summed E-state index contributed by atoms with van der Waals surface area (Å²) in [5.74, 6) is -1.32. The SMILES string of the molecule is CC(C(=O)O)c1ccc(C2(O)CC2)cc1. The third kappa shape index (κ3) is 1.88. The zero-order chi connectivity index (χ0) is 11.1. The van der Waals surface area contributed by atoms with Gasteiger partial charge in [0.05, 0.1) is 11.5 Å². The maximum Gasteiger partial charge on any atom is 0.310 e. The number of hydrogen-bond donors (Lipinski definition) is 2. The summed E-state index contributed by atoms with van der Waals surface area (Å²) < 4.78 is 0. The molecule has 1 atom stereocenters. The molecule has 0 amide bonds. The van der Waals surface area contributed by atoms with E-state index >= 15 is 0 Å². The largest absolute Gasteiger partial charge is 0.481 e. The molecule has 15 heavy (non-hydrogen) atoms. The van der Waals surface area contributed by atoms with Crippen LogP contribution in [-0.2, 0) is 10.4 Å². The van der Waals surface area contributed by atoms with Crippen LogP contribution in [0.5, 0.6) is 0 Å². The molecule has 1 aliphatic rings. The topological polar surface area (TPSA) is 57.5 Å². The Balaban J connectivity index is 2.20. The summed E-state index contributed by atoms with van der Waals surface area (Å²) in [4.78, 5) is 10.7. The second-order valence-electron chi connectivity index (χ2n) is 4.21. The number of aliphatic hydroxyl groups is 1. The first-order valence-corrected chi connectivity index (χ1v) is 5.08. The molecule has 0 aromatic heterocycles. The fraction of sp³-hybridized carbons (Fsp3) is 0.417. The molecule has 1 aromatic carbocycles. The smallest absolute Gasteiger partial charge is 0.310 e. The molecule has 0 spiro atoms. The summed E-state index contributed by atoms with van der Waals surface area (Å²) in [5, 5.41) is 18.7. The molecule has 1 aliphatic carbocycles. The minimum absolute atomic E-state index is 0.493. The van der Waals surface area contributed by atoms with Crippen LogP contribution in [0.4, 0.5) is 0 Å². The molecule has 1 unspecified atom stereocenters. The molecule has 0 aliphatic heterocycles. The molecule has 1 aromatic rings. The lowest BCUT2D eigenvalue weighted by Crippen LogP contribution is -2.08. The molecule has 0 saturated heterocycles. The van der Waals surface area contributed by atoms with Gasteiger partial charge in [-0.2, -0.15) is 0 Å². The fourth-order valence-electron chi connectivity index (χ4n) is 1.63. The van der Waals surface area contributed by atoms with Gasteiger partial charge >= 0.3 is 5.97 Å². The van der Waals surface area contributed by atoms with Crippen molar-refractivity contribution in [1.82, 2.24) is 0 Å². The summed E-state index contributed by atoms with van der Waals surface area (Å²) in [5.41, 5.74) is 1.03. The number of hydrogen-bond acceptors (Lipinski definition) is 2. The Bertz CT molecular complexity index is 376. The maximum absolute atomic E-state index is 10.7. The van der Waals surface area contributed by atoms with E-state index in [-0.39, 0.29) is 0 Å². The molecule has 3 heteroatoms. The molecule has 0 radical (unpaired) electrons. The molecule has 0 heterocycles. The molecule has 0 bridgehead atoms. The summed E-state index contributed by atoms with van der Waals surface area (Å²) in [6.45, 7) is 1.66. The number of benzene rings is 1. The van der Waals surface area contributed by atoms with Gasteiger partial charge in [0, 0.05) is 0 Å². The summed E-state index contributed by atoms with van der Waals surface area (Å²) >= 11 is 0. The highest BCUT2D eigenvalue weighted by Crippen LogP contribution is 2.45. The average Bonchev–Trinajstić information content (AvgIpc) is 2.97. The van der Waals surface area contributed by atoms with E-state index in [1.165, 1.54) is 0 Å². The second kappa shape index (κ2) is 3.35. The van der Waals surface area contributed by atoms with E-state index in [0.717, 1.165) is 24.0 Å². The lowest BCUT2D eigenvalue weighted by molar-refractivity contribution is -0.138. The zero-order valence-corrected chi connectivity index (χ0v) is 8.60. The van der Waals surface area contributed by atoms with Gasteiger partial charge in [-0.1, -0.05) is 24.3 Å². The molecule has 2 N–H and O–H groups in total. The first-order valence-electron chi connectivity index (χ1n) is 5.08. The van der Waals surface area contributed by atoms with Crippen molar-refractivity contribution in [3.8, 4) is 0 Å². The lowest BCUT2D eigenvalue weighted by atomic mass is 9.98. The molecule has 3 nitrogen and oxygen atoms in total. The minimum Gasteiger partial charge on any atom is -0.481 e. The quantitative estimate of drug-likeness (QED) is 0.793. The molecule has 1 saturated carbocycles. The number of aliphatic carboxylic acids is 1. The Morgan fingerprint density at radius 2 is 1.87 bits per heavy atom. The summed E-state index contributed by atoms with van der Waals surface area (Å²) in [6, 6.07) is 7.21. The number of carbonyl (C=O) groups is 1. The summed E-state index contributed by atoms with van der Waals surface area (Å²) in [6.07, 6.45) is 1.61. The lowest BCUT2D eigenvalue weighted by Gasteiger charge is -2.10. The van der Waals surface area contributed by atoms with E-state index in [0.29, 0.717) is 0 Å². The normalized spacial score (nSPS) is 19.6. The van der Waals surface area contributed by atoms with Crippen LogP contribution in [0.2, 0.25) is 0 Å². The van der Waals surface area contributed by atoms with Crippen molar-refractivity contribution < 1.29 is 15.0 Å². The molecule has 80 valence electrons. The Kier molecular flexibility index (Phi) is 2.27. The van der Waals surface area contributed by atoms with Crippen molar-refractivity contribution in [3.63, 3.8) is 0 Å². The Hall–Kier alpha value is -1.35. The van der Waals surface area contributed by atoms with E-state index in [4.69, 9.17) is 5.11 Å². The van der Waals surface area contributed by atoms with E-state index in [2.05, 4.69) is 0 Å². The predicted octanol–water partition coefficient (Wildman–Crippen LogP) is 1.86. The third-order valence-corrected chi connectivity index (χ3v) is 3.04. The fourth-order valence-corrected chi connectivity index (χ4v) is 1.63. The molecule has 2 rings (SSSR count). The van der Waals surface area contributed by atoms with Gasteiger partial charge in [0.25, 0.3) is 0 Å². The van der Waals surface area contributed by atoms with Gasteiger partial charge in [-0.25, -0.2) is 0 Å². The van der Waals surface area contributed by atoms with Gasteiger partial charge in [0.2, 0.25) is 0 Å². The minimum atomic E-state index is -0.826. The average molecular weight is 206 g/mol. The van der Waals surface area contributed by atoms with Gasteiger partial charge < -0.3 is 10.2 Å². The monoisotopic (exact) mass is 206 g/mol. The van der Waals surface area contributed by atoms with Crippen LogP contribution < -0.4 is 0 Å². The van der Waals surface area contributed by atoms with Crippen LogP contribution in [0.25, 0.3) is 0 Å². The molecular formula is C12H14O3. The third-order valence-electron chi connectivity index (χ3n) is 3.04. The van der Waals surface area contributed by atoms with Crippen molar-refractivity contribution in [1.29, 1.82) is 0 Å². The van der Waals surface area contributed by atoms with Crippen LogP contribution >= 0.6 is 0 Å². The van der Waals surface area contributed by atoms with E-state index in [1.807, 2.05) is 12.1 Å². The van der Waals surface area contributed by atoms with Crippen LogP contribution in [0.15, 0.2) is 24.3 Å². The van der Waals surface area contributed by atoms with Crippen molar-refractivity contribution in [3.05, 3.63) is 35.4 Å². The van der Waals surface area contributed by atoms with E-state index in [1.54, 1.807) is 19.1 Å². The van der Waals surface area contributed by atoms with Crippen LogP contribution in [0, 0.1) is 0 Å². The highest BCUT2D eigenvalue weighted by Gasteiger charge is 2.41. The molecular weight excluding hydrogens is 192 g/mol. The van der Waals surface area contributed by atoms with Crippen molar-refractivity contribution >= 4 is 5.97 Å². The van der Waals surface area contributed by atoms with Gasteiger partial charge in [-0.3, -0.25) is 4.79 Å². The Morgan fingerprint density at radius 1 is 1.33 bits per heavy atom. The number of rotatable bonds is 3. The maximum atomic E-state index is 10.7. The van der Waals surface area contributed by atoms with Gasteiger partial charge in [-0.05, 0) is 30.9 Å². The van der Waals surface area contributed by atoms with Crippen molar-refractivity contribution in [2.75, 3.05) is 0 Å². The van der Waals surface area contributed by atoms with Crippen LogP contribution in [-0.4, -0.2) is 16.2 Å². The number of carboxylic acid groups (broad SMARTS) is 1. The van der Waals surface area contributed by atoms with Gasteiger partial charge in [0.1, 0.15) is 0 Å². The number of carboxylic acids is 1. The molecule has 1 fully saturated rings. The predicted molar refractivity (Wildman–Crippen MR) is 55.6 cm³/mol. The van der Waals surface area contributed by atoms with Crippen molar-refractivity contribution in [2.24, 2.45) is 0 Å². The first-order chi connectivity index (χ1) is 7.03.